The van der Waals surface area contributed by atoms with Gasteiger partial charge in [0.2, 0.25) is 0 Å². The van der Waals surface area contributed by atoms with Crippen molar-refractivity contribution in [3.05, 3.63) is 76.1 Å². The van der Waals surface area contributed by atoms with Crippen molar-refractivity contribution >= 4 is 28.5 Å². The lowest BCUT2D eigenvalue weighted by atomic mass is 9.80. The molecule has 1 N–H and O–H groups in total. The van der Waals surface area contributed by atoms with Crippen molar-refractivity contribution in [2.75, 3.05) is 20.8 Å². The van der Waals surface area contributed by atoms with Gasteiger partial charge in [0.25, 0.3) is 0 Å². The Bertz CT molecular complexity index is 1170. The maximum absolute atomic E-state index is 12.6. The zero-order valence-electron chi connectivity index (χ0n) is 16.9. The molecule has 0 aliphatic carbocycles. The Morgan fingerprint density at radius 1 is 1.20 bits per heavy atom. The number of rotatable bonds is 3. The number of ether oxygens (including phenoxy) is 2. The molecule has 0 spiro atoms. The van der Waals surface area contributed by atoms with Crippen LogP contribution in [0.1, 0.15) is 35.2 Å². The molecule has 0 amide bonds. The van der Waals surface area contributed by atoms with Gasteiger partial charge in [-0.3, -0.25) is 0 Å². The second-order valence-electron chi connectivity index (χ2n) is 7.85. The number of hydrogen-bond donors (Lipinski definition) is 1. The van der Waals surface area contributed by atoms with Crippen LogP contribution in [0.5, 0.6) is 5.75 Å². The summed E-state index contributed by atoms with van der Waals surface area (Å²) >= 11 is 6.26. The highest BCUT2D eigenvalue weighted by atomic mass is 35.5. The number of aromatic nitrogens is 1. The zero-order valence-corrected chi connectivity index (χ0v) is 17.7. The first-order chi connectivity index (χ1) is 14.6. The molecule has 0 unspecified atom stereocenters. The average Bonchev–Trinajstić information content (AvgIpc) is 3.15. The van der Waals surface area contributed by atoms with E-state index in [4.69, 9.17) is 21.1 Å². The van der Waals surface area contributed by atoms with Crippen LogP contribution in [0, 0.1) is 0 Å². The van der Waals surface area contributed by atoms with E-state index in [1.54, 1.807) is 7.11 Å². The summed E-state index contributed by atoms with van der Waals surface area (Å²) in [6, 6.07) is 14.1. The number of esters is 1. The molecule has 0 fully saturated rings. The summed E-state index contributed by atoms with van der Waals surface area (Å²) in [5.41, 5.74) is 5.38. The fraction of sp³-hybridized carbons (Fsp3) is 0.292. The van der Waals surface area contributed by atoms with E-state index >= 15 is 0 Å². The lowest BCUT2D eigenvalue weighted by Gasteiger charge is -2.41. The highest BCUT2D eigenvalue weighted by Gasteiger charge is 2.38. The minimum atomic E-state index is -0.286. The molecule has 3 aromatic rings. The Morgan fingerprint density at radius 3 is 2.83 bits per heavy atom. The van der Waals surface area contributed by atoms with Crippen molar-refractivity contribution in [3.63, 3.8) is 0 Å². The van der Waals surface area contributed by atoms with Crippen molar-refractivity contribution in [2.24, 2.45) is 0 Å². The molecule has 1 aromatic heterocycles. The molecule has 0 saturated heterocycles. The number of halogens is 1. The van der Waals surface area contributed by atoms with Crippen LogP contribution in [-0.2, 0) is 16.0 Å². The fourth-order valence-corrected chi connectivity index (χ4v) is 5.07. The van der Waals surface area contributed by atoms with E-state index in [0.717, 1.165) is 36.2 Å². The van der Waals surface area contributed by atoms with Gasteiger partial charge < -0.3 is 19.4 Å². The van der Waals surface area contributed by atoms with E-state index in [2.05, 4.69) is 22.0 Å². The lowest BCUT2D eigenvalue weighted by Crippen LogP contribution is -2.37. The molecular formula is C24H23ClN2O3. The number of nitrogens with zero attached hydrogens (tertiary/aromatic N) is 1. The Kier molecular flexibility index (Phi) is 4.70. The normalized spacial score (nSPS) is 20.4. The number of carbonyl (C=O) groups is 1. The molecular weight excluding hydrogens is 400 g/mol. The van der Waals surface area contributed by atoms with Gasteiger partial charge in [-0.25, -0.2) is 4.79 Å². The summed E-state index contributed by atoms with van der Waals surface area (Å²) in [4.78, 5) is 18.5. The van der Waals surface area contributed by atoms with Crippen LogP contribution in [0.25, 0.3) is 10.9 Å². The maximum Gasteiger partial charge on any atom is 0.335 e. The Balaban J connectivity index is 1.61. The number of H-pyrrole nitrogens is 1. The van der Waals surface area contributed by atoms with E-state index in [1.807, 2.05) is 36.5 Å². The van der Waals surface area contributed by atoms with E-state index in [9.17, 15) is 4.79 Å². The number of methoxy groups -OCH3 is 2. The van der Waals surface area contributed by atoms with Gasteiger partial charge in [0, 0.05) is 40.3 Å². The first kappa shape index (κ1) is 19.1. The number of nitrogens with one attached hydrogen (secondary N) is 1. The van der Waals surface area contributed by atoms with Gasteiger partial charge in [-0.2, -0.15) is 0 Å². The molecule has 0 saturated carbocycles. The molecule has 2 aliphatic heterocycles. The van der Waals surface area contributed by atoms with Gasteiger partial charge in [-0.15, -0.1) is 0 Å². The predicted octanol–water partition coefficient (Wildman–Crippen LogP) is 4.97. The lowest BCUT2D eigenvalue weighted by molar-refractivity contribution is -0.136. The fourth-order valence-electron chi connectivity index (χ4n) is 4.87. The monoisotopic (exact) mass is 422 g/mol. The molecule has 2 aliphatic rings. The number of fused-ring (bicyclic) bond motifs is 5. The highest BCUT2D eigenvalue weighted by molar-refractivity contribution is 6.30. The molecule has 2 aromatic carbocycles. The quantitative estimate of drug-likeness (QED) is 0.605. The number of aromatic amines is 1. The molecule has 5 rings (SSSR count). The third-order valence-electron chi connectivity index (χ3n) is 6.31. The Hall–Kier alpha value is -2.92. The molecule has 6 heteroatoms. The van der Waals surface area contributed by atoms with Gasteiger partial charge in [-0.1, -0.05) is 23.7 Å². The third-order valence-corrected chi connectivity index (χ3v) is 6.55. The van der Waals surface area contributed by atoms with Crippen molar-refractivity contribution in [1.29, 1.82) is 0 Å². The molecule has 154 valence electrons. The van der Waals surface area contributed by atoms with Crippen molar-refractivity contribution < 1.29 is 14.3 Å². The number of hydrogen-bond acceptors (Lipinski definition) is 4. The van der Waals surface area contributed by atoms with Crippen LogP contribution in [-0.4, -0.2) is 36.6 Å². The summed E-state index contributed by atoms with van der Waals surface area (Å²) in [5, 5.41) is 1.88. The minimum Gasteiger partial charge on any atom is -0.497 e. The summed E-state index contributed by atoms with van der Waals surface area (Å²) in [5.74, 6) is 0.495. The second-order valence-corrected chi connectivity index (χ2v) is 8.29. The number of benzene rings is 2. The second kappa shape index (κ2) is 7.40. The van der Waals surface area contributed by atoms with Crippen LogP contribution in [0.4, 0.5) is 0 Å². The van der Waals surface area contributed by atoms with Crippen LogP contribution < -0.4 is 4.74 Å². The van der Waals surface area contributed by atoms with Crippen molar-refractivity contribution in [1.82, 2.24) is 9.88 Å². The van der Waals surface area contributed by atoms with E-state index in [-0.39, 0.29) is 17.9 Å². The standard InChI is InChI=1S/C24H23ClN2O3/c1-29-16-6-7-21-19(11-16)17-8-9-27-13-20(24(28)30-2)18(12-22(27)23(17)26-21)14-4-3-5-15(25)10-14/h3-7,10-11,13,18,22,26H,8-9,12H2,1-2H3/t18-,22-/m1/s1. The van der Waals surface area contributed by atoms with E-state index in [0.29, 0.717) is 10.6 Å². The van der Waals surface area contributed by atoms with Gasteiger partial charge in [0.1, 0.15) is 5.75 Å². The van der Waals surface area contributed by atoms with Crippen LogP contribution in [0.15, 0.2) is 54.2 Å². The highest BCUT2D eigenvalue weighted by Crippen LogP contribution is 2.46. The molecule has 2 atom stereocenters. The summed E-state index contributed by atoms with van der Waals surface area (Å²) < 4.78 is 10.5. The van der Waals surface area contributed by atoms with Crippen molar-refractivity contribution in [3.8, 4) is 5.75 Å². The first-order valence-electron chi connectivity index (χ1n) is 10.1. The third kappa shape index (κ3) is 3.05. The molecule has 3 heterocycles. The van der Waals surface area contributed by atoms with Crippen LogP contribution in [0.3, 0.4) is 0 Å². The van der Waals surface area contributed by atoms with Gasteiger partial charge in [0.05, 0.1) is 25.8 Å². The maximum atomic E-state index is 12.6. The van der Waals surface area contributed by atoms with Gasteiger partial charge in [-0.05, 0) is 54.3 Å². The van der Waals surface area contributed by atoms with Gasteiger partial charge >= 0.3 is 5.97 Å². The van der Waals surface area contributed by atoms with Crippen LogP contribution >= 0.6 is 11.6 Å². The summed E-state index contributed by atoms with van der Waals surface area (Å²) in [6.07, 6.45) is 3.67. The summed E-state index contributed by atoms with van der Waals surface area (Å²) in [6.45, 7) is 0.852. The zero-order chi connectivity index (χ0) is 20.8. The SMILES string of the molecule is COC(=O)C1=CN2CCc3c([nH]c4ccc(OC)cc34)[C@H]2C[C@@H]1c1cccc(Cl)c1. The Morgan fingerprint density at radius 2 is 2.07 bits per heavy atom. The first-order valence-corrected chi connectivity index (χ1v) is 10.5. The van der Waals surface area contributed by atoms with Crippen molar-refractivity contribution in [2.45, 2.75) is 24.8 Å². The van der Waals surface area contributed by atoms with E-state index in [1.165, 1.54) is 23.8 Å². The smallest absolute Gasteiger partial charge is 0.335 e. The predicted molar refractivity (Wildman–Crippen MR) is 117 cm³/mol. The largest absolute Gasteiger partial charge is 0.497 e. The molecule has 0 bridgehead atoms. The number of carbonyl (C=O) groups excluding carboxylic acids is 1. The van der Waals surface area contributed by atoms with Gasteiger partial charge in [0.15, 0.2) is 0 Å². The topological polar surface area (TPSA) is 54.6 Å². The summed E-state index contributed by atoms with van der Waals surface area (Å²) in [7, 11) is 3.13. The average molecular weight is 423 g/mol. The Labute approximate surface area is 180 Å². The molecule has 5 nitrogen and oxygen atoms in total. The molecule has 30 heavy (non-hydrogen) atoms. The van der Waals surface area contributed by atoms with Crippen LogP contribution in [0.2, 0.25) is 5.02 Å². The van der Waals surface area contributed by atoms with E-state index < -0.39 is 0 Å². The molecule has 0 radical (unpaired) electrons. The minimum absolute atomic E-state index is 0.0794.